The highest BCUT2D eigenvalue weighted by Gasteiger charge is 2.04. The maximum Gasteiger partial charge on any atom is 0.238 e. The number of hydrogen-bond donors (Lipinski definition) is 2. The molecule has 0 fully saturated rings. The first-order valence-corrected chi connectivity index (χ1v) is 5.39. The van der Waals surface area contributed by atoms with E-state index in [4.69, 9.17) is 4.74 Å². The molecule has 0 spiro atoms. The van der Waals surface area contributed by atoms with E-state index in [9.17, 15) is 9.18 Å². The van der Waals surface area contributed by atoms with Gasteiger partial charge in [0, 0.05) is 19.3 Å². The van der Waals surface area contributed by atoms with Gasteiger partial charge in [-0.2, -0.15) is 0 Å². The van der Waals surface area contributed by atoms with Gasteiger partial charge in [-0.1, -0.05) is 0 Å². The van der Waals surface area contributed by atoms with E-state index in [0.29, 0.717) is 24.4 Å². The average molecular weight is 240 g/mol. The Hall–Kier alpha value is -1.46. The van der Waals surface area contributed by atoms with E-state index < -0.39 is 0 Å². The lowest BCUT2D eigenvalue weighted by atomic mass is 10.2. The molecule has 5 heteroatoms. The van der Waals surface area contributed by atoms with Crippen LogP contribution in [-0.4, -0.2) is 32.7 Å². The number of carbonyl (C=O) groups excluding carboxylic acids is 1. The number of anilines is 1. The molecule has 0 atom stereocenters. The third kappa shape index (κ3) is 4.93. The van der Waals surface area contributed by atoms with Gasteiger partial charge in [-0.3, -0.25) is 4.79 Å². The predicted octanol–water partition coefficient (Wildman–Crippen LogP) is 1.31. The summed E-state index contributed by atoms with van der Waals surface area (Å²) in [6, 6.07) is 4.26. The minimum Gasteiger partial charge on any atom is -0.383 e. The largest absolute Gasteiger partial charge is 0.383 e. The summed E-state index contributed by atoms with van der Waals surface area (Å²) in [4.78, 5) is 11.5. The third-order valence-electron chi connectivity index (χ3n) is 2.23. The minimum atomic E-state index is -0.307. The zero-order valence-electron chi connectivity index (χ0n) is 10.0. The SMILES string of the molecule is COCCNCC(=O)Nc1ccc(F)cc1C. The molecule has 1 amide bonds. The number of carbonyl (C=O) groups is 1. The molecule has 0 aliphatic carbocycles. The zero-order chi connectivity index (χ0) is 12.7. The molecular weight excluding hydrogens is 223 g/mol. The summed E-state index contributed by atoms with van der Waals surface area (Å²) in [6.45, 7) is 3.13. The smallest absolute Gasteiger partial charge is 0.238 e. The summed E-state index contributed by atoms with van der Waals surface area (Å²) < 4.78 is 17.7. The molecule has 0 heterocycles. The number of aryl methyl sites for hydroxylation is 1. The van der Waals surface area contributed by atoms with Crippen LogP contribution in [0.2, 0.25) is 0 Å². The molecule has 4 nitrogen and oxygen atoms in total. The molecule has 0 saturated carbocycles. The molecule has 1 aromatic carbocycles. The summed E-state index contributed by atoms with van der Waals surface area (Å²) in [5, 5.41) is 5.63. The van der Waals surface area contributed by atoms with Crippen molar-refractivity contribution in [2.24, 2.45) is 0 Å². The van der Waals surface area contributed by atoms with Gasteiger partial charge in [0.15, 0.2) is 0 Å². The van der Waals surface area contributed by atoms with E-state index in [-0.39, 0.29) is 18.3 Å². The van der Waals surface area contributed by atoms with E-state index in [2.05, 4.69) is 10.6 Å². The third-order valence-corrected chi connectivity index (χ3v) is 2.23. The second kappa shape index (κ2) is 6.98. The Morgan fingerprint density at radius 2 is 2.24 bits per heavy atom. The molecule has 1 rings (SSSR count). The summed E-state index contributed by atoms with van der Waals surface area (Å²) >= 11 is 0. The number of nitrogens with one attached hydrogen (secondary N) is 2. The van der Waals surface area contributed by atoms with Crippen LogP contribution in [0.25, 0.3) is 0 Å². The van der Waals surface area contributed by atoms with Gasteiger partial charge in [-0.05, 0) is 30.7 Å². The van der Waals surface area contributed by atoms with Crippen LogP contribution in [0.5, 0.6) is 0 Å². The van der Waals surface area contributed by atoms with Gasteiger partial charge in [0.25, 0.3) is 0 Å². The van der Waals surface area contributed by atoms with Gasteiger partial charge in [-0.25, -0.2) is 4.39 Å². The van der Waals surface area contributed by atoms with E-state index in [1.54, 1.807) is 20.1 Å². The average Bonchev–Trinajstić information content (AvgIpc) is 2.28. The van der Waals surface area contributed by atoms with Gasteiger partial charge in [0.2, 0.25) is 5.91 Å². The van der Waals surface area contributed by atoms with Crippen LogP contribution in [0.3, 0.4) is 0 Å². The lowest BCUT2D eigenvalue weighted by Crippen LogP contribution is -2.30. The van der Waals surface area contributed by atoms with Crippen molar-refractivity contribution in [2.75, 3.05) is 32.1 Å². The fourth-order valence-corrected chi connectivity index (χ4v) is 1.34. The second-order valence-electron chi connectivity index (χ2n) is 3.68. The Morgan fingerprint density at radius 1 is 1.47 bits per heavy atom. The van der Waals surface area contributed by atoms with Crippen molar-refractivity contribution in [1.82, 2.24) is 5.32 Å². The topological polar surface area (TPSA) is 50.4 Å². The molecule has 0 radical (unpaired) electrons. The van der Waals surface area contributed by atoms with Crippen molar-refractivity contribution >= 4 is 11.6 Å². The molecule has 1 aromatic rings. The summed E-state index contributed by atoms with van der Waals surface area (Å²) in [6.07, 6.45) is 0. The minimum absolute atomic E-state index is 0.157. The summed E-state index contributed by atoms with van der Waals surface area (Å²) in [7, 11) is 1.60. The highest BCUT2D eigenvalue weighted by Crippen LogP contribution is 2.15. The van der Waals surface area contributed by atoms with Gasteiger partial charge in [-0.15, -0.1) is 0 Å². The normalized spacial score (nSPS) is 10.3. The second-order valence-corrected chi connectivity index (χ2v) is 3.68. The number of benzene rings is 1. The molecule has 94 valence electrons. The molecule has 0 aliphatic rings. The summed E-state index contributed by atoms with van der Waals surface area (Å²) in [5.74, 6) is -0.463. The molecule has 0 unspecified atom stereocenters. The van der Waals surface area contributed by atoms with Crippen molar-refractivity contribution < 1.29 is 13.9 Å². The lowest BCUT2D eigenvalue weighted by molar-refractivity contribution is -0.115. The highest BCUT2D eigenvalue weighted by atomic mass is 19.1. The van der Waals surface area contributed by atoms with E-state index in [0.717, 1.165) is 0 Å². The molecule has 0 bridgehead atoms. The van der Waals surface area contributed by atoms with Gasteiger partial charge < -0.3 is 15.4 Å². The number of methoxy groups -OCH3 is 1. The van der Waals surface area contributed by atoms with Crippen LogP contribution in [0, 0.1) is 12.7 Å². The quantitative estimate of drug-likeness (QED) is 0.737. The maximum absolute atomic E-state index is 12.8. The molecule has 2 N–H and O–H groups in total. The van der Waals surface area contributed by atoms with Gasteiger partial charge >= 0.3 is 0 Å². The van der Waals surface area contributed by atoms with Crippen molar-refractivity contribution in [1.29, 1.82) is 0 Å². The Balaban J connectivity index is 2.40. The number of ether oxygens (including phenoxy) is 1. The van der Waals surface area contributed by atoms with Crippen LogP contribution < -0.4 is 10.6 Å². The fourth-order valence-electron chi connectivity index (χ4n) is 1.34. The molecule has 0 aliphatic heterocycles. The van der Waals surface area contributed by atoms with E-state index in [1.807, 2.05) is 0 Å². The number of rotatable bonds is 6. The first-order chi connectivity index (χ1) is 8.13. The van der Waals surface area contributed by atoms with Crippen molar-refractivity contribution in [3.05, 3.63) is 29.6 Å². The van der Waals surface area contributed by atoms with Crippen LogP contribution in [0.1, 0.15) is 5.56 Å². The maximum atomic E-state index is 12.8. The van der Waals surface area contributed by atoms with Crippen molar-refractivity contribution in [3.63, 3.8) is 0 Å². The molecule has 0 saturated heterocycles. The Labute approximate surface area is 100 Å². The monoisotopic (exact) mass is 240 g/mol. The predicted molar refractivity (Wildman–Crippen MR) is 64.5 cm³/mol. The first kappa shape index (κ1) is 13.6. The first-order valence-electron chi connectivity index (χ1n) is 5.39. The van der Waals surface area contributed by atoms with Gasteiger partial charge in [0.1, 0.15) is 5.82 Å². The van der Waals surface area contributed by atoms with Crippen molar-refractivity contribution in [3.8, 4) is 0 Å². The van der Waals surface area contributed by atoms with Crippen LogP contribution in [0.15, 0.2) is 18.2 Å². The fraction of sp³-hybridized carbons (Fsp3) is 0.417. The molecule has 17 heavy (non-hydrogen) atoms. The zero-order valence-corrected chi connectivity index (χ0v) is 10.0. The number of halogens is 1. The Morgan fingerprint density at radius 3 is 2.88 bits per heavy atom. The Bertz CT molecular complexity index is 383. The Kier molecular flexibility index (Phi) is 5.59. The highest BCUT2D eigenvalue weighted by molar-refractivity contribution is 5.92. The molecular formula is C12H17FN2O2. The number of hydrogen-bond acceptors (Lipinski definition) is 3. The van der Waals surface area contributed by atoms with Crippen molar-refractivity contribution in [2.45, 2.75) is 6.92 Å². The van der Waals surface area contributed by atoms with Crippen LogP contribution in [0.4, 0.5) is 10.1 Å². The number of amides is 1. The lowest BCUT2D eigenvalue weighted by Gasteiger charge is -2.09. The standard InChI is InChI=1S/C12H17FN2O2/c1-9-7-10(13)3-4-11(9)15-12(16)8-14-5-6-17-2/h3-4,7,14H,5-6,8H2,1-2H3,(H,15,16). The molecule has 0 aromatic heterocycles. The van der Waals surface area contributed by atoms with Crippen LogP contribution in [-0.2, 0) is 9.53 Å². The van der Waals surface area contributed by atoms with Gasteiger partial charge in [0.05, 0.1) is 13.2 Å². The van der Waals surface area contributed by atoms with E-state index >= 15 is 0 Å². The van der Waals surface area contributed by atoms with Crippen LogP contribution >= 0.6 is 0 Å². The van der Waals surface area contributed by atoms with E-state index in [1.165, 1.54) is 12.1 Å². The summed E-state index contributed by atoms with van der Waals surface area (Å²) in [5.41, 5.74) is 1.33.